The van der Waals surface area contributed by atoms with Gasteiger partial charge in [0.2, 0.25) is 0 Å². The smallest absolute Gasteiger partial charge is 0.448 e. The lowest BCUT2D eigenvalue weighted by Gasteiger charge is -2.41. The number of ether oxygens (including phenoxy) is 1. The van der Waals surface area contributed by atoms with E-state index >= 15 is 0 Å². The van der Waals surface area contributed by atoms with E-state index in [1.165, 1.54) is 0 Å². The Morgan fingerprint density at radius 2 is 1.76 bits per heavy atom. The van der Waals surface area contributed by atoms with E-state index in [0.717, 1.165) is 6.42 Å². The number of carbonyl (C=O) groups is 1. The van der Waals surface area contributed by atoms with Crippen molar-refractivity contribution >= 4 is 5.97 Å². The van der Waals surface area contributed by atoms with E-state index < -0.39 is 17.7 Å². The van der Waals surface area contributed by atoms with Crippen LogP contribution in [0.4, 0.5) is 13.2 Å². The van der Waals surface area contributed by atoms with E-state index in [-0.39, 0.29) is 0 Å². The van der Waals surface area contributed by atoms with Crippen LogP contribution in [0.5, 0.6) is 0 Å². The highest BCUT2D eigenvalue weighted by atomic mass is 19.4. The summed E-state index contributed by atoms with van der Waals surface area (Å²) in [6.07, 6.45) is -3.28. The Labute approximate surface area is 96.4 Å². The molecule has 0 heterocycles. The molecule has 2 rings (SSSR count). The summed E-state index contributed by atoms with van der Waals surface area (Å²) in [6, 6.07) is 8.57. The fourth-order valence-electron chi connectivity index (χ4n) is 1.92. The standard InChI is InChI=1S/C12H11F3O2/c13-12(14,15)10(16)17-11(7-4-8-11)9-5-2-1-3-6-9/h1-3,5-6H,4,7-8H2. The summed E-state index contributed by atoms with van der Waals surface area (Å²) in [5.41, 5.74) is -0.447. The lowest BCUT2D eigenvalue weighted by Crippen LogP contribution is -2.42. The first-order chi connectivity index (χ1) is 7.94. The van der Waals surface area contributed by atoms with Crippen LogP contribution in [0.1, 0.15) is 24.8 Å². The highest BCUT2D eigenvalue weighted by Crippen LogP contribution is 2.45. The maximum Gasteiger partial charge on any atom is 0.490 e. The minimum Gasteiger partial charge on any atom is -0.448 e. The number of hydrogen-bond donors (Lipinski definition) is 0. The summed E-state index contributed by atoms with van der Waals surface area (Å²) in [5.74, 6) is -2.11. The Balaban J connectivity index is 2.20. The molecule has 0 spiro atoms. The van der Waals surface area contributed by atoms with E-state index in [0.29, 0.717) is 18.4 Å². The van der Waals surface area contributed by atoms with E-state index in [9.17, 15) is 18.0 Å². The fourth-order valence-corrected chi connectivity index (χ4v) is 1.92. The molecule has 5 heteroatoms. The highest BCUT2D eigenvalue weighted by molar-refractivity contribution is 5.76. The average molecular weight is 244 g/mol. The van der Waals surface area contributed by atoms with Gasteiger partial charge in [-0.3, -0.25) is 0 Å². The summed E-state index contributed by atoms with van der Waals surface area (Å²) >= 11 is 0. The van der Waals surface area contributed by atoms with Crippen molar-refractivity contribution < 1.29 is 22.7 Å². The average Bonchev–Trinajstić information content (AvgIpc) is 2.23. The van der Waals surface area contributed by atoms with Gasteiger partial charge in [-0.25, -0.2) is 4.79 Å². The molecule has 1 fully saturated rings. The topological polar surface area (TPSA) is 26.3 Å². The van der Waals surface area contributed by atoms with Gasteiger partial charge in [-0.05, 0) is 24.8 Å². The molecule has 2 nitrogen and oxygen atoms in total. The van der Waals surface area contributed by atoms with Crippen LogP contribution in [0.15, 0.2) is 30.3 Å². The van der Waals surface area contributed by atoms with Crippen LogP contribution in [0.2, 0.25) is 0 Å². The third-order valence-electron chi connectivity index (χ3n) is 2.98. The van der Waals surface area contributed by atoms with Gasteiger partial charge in [0.25, 0.3) is 0 Å². The van der Waals surface area contributed by atoms with Gasteiger partial charge in [-0.15, -0.1) is 0 Å². The maximum absolute atomic E-state index is 12.2. The molecule has 1 aromatic carbocycles. The second kappa shape index (κ2) is 4.05. The number of benzene rings is 1. The molecular weight excluding hydrogens is 233 g/mol. The molecule has 17 heavy (non-hydrogen) atoms. The van der Waals surface area contributed by atoms with E-state index in [1.807, 2.05) is 0 Å². The molecule has 0 unspecified atom stereocenters. The first-order valence-electron chi connectivity index (χ1n) is 5.30. The summed E-state index contributed by atoms with van der Waals surface area (Å²) < 4.78 is 41.2. The van der Waals surface area contributed by atoms with E-state index in [2.05, 4.69) is 4.74 Å². The largest absolute Gasteiger partial charge is 0.490 e. The van der Waals surface area contributed by atoms with Crippen LogP contribution in [-0.2, 0) is 15.1 Å². The second-order valence-corrected chi connectivity index (χ2v) is 4.10. The van der Waals surface area contributed by atoms with E-state index in [1.54, 1.807) is 30.3 Å². The third-order valence-corrected chi connectivity index (χ3v) is 2.98. The van der Waals surface area contributed by atoms with Crippen LogP contribution >= 0.6 is 0 Å². The van der Waals surface area contributed by atoms with Gasteiger partial charge in [0.05, 0.1) is 0 Å². The zero-order valence-corrected chi connectivity index (χ0v) is 8.96. The van der Waals surface area contributed by atoms with Crippen LogP contribution in [-0.4, -0.2) is 12.1 Å². The van der Waals surface area contributed by atoms with Crippen molar-refractivity contribution in [2.24, 2.45) is 0 Å². The minimum absolute atomic E-state index is 0.443. The predicted octanol–water partition coefficient (Wildman–Crippen LogP) is 3.17. The van der Waals surface area contributed by atoms with Gasteiger partial charge < -0.3 is 4.74 Å². The van der Waals surface area contributed by atoms with Crippen molar-refractivity contribution in [3.8, 4) is 0 Å². The second-order valence-electron chi connectivity index (χ2n) is 4.10. The van der Waals surface area contributed by atoms with Crippen LogP contribution in [0.3, 0.4) is 0 Å². The predicted molar refractivity (Wildman–Crippen MR) is 54.1 cm³/mol. The molecule has 92 valence electrons. The Kier molecular flexibility index (Phi) is 2.85. The molecule has 1 aliphatic rings. The fraction of sp³-hybridized carbons (Fsp3) is 0.417. The molecule has 0 N–H and O–H groups in total. The first-order valence-corrected chi connectivity index (χ1v) is 5.30. The number of hydrogen-bond acceptors (Lipinski definition) is 2. The Hall–Kier alpha value is -1.52. The van der Waals surface area contributed by atoms with Crippen molar-refractivity contribution in [1.29, 1.82) is 0 Å². The quantitative estimate of drug-likeness (QED) is 0.747. The van der Waals surface area contributed by atoms with Gasteiger partial charge >= 0.3 is 12.1 Å². The summed E-state index contributed by atoms with van der Waals surface area (Å²) in [7, 11) is 0. The maximum atomic E-state index is 12.2. The van der Waals surface area contributed by atoms with Crippen LogP contribution in [0.25, 0.3) is 0 Å². The molecule has 0 bridgehead atoms. The summed E-state index contributed by atoms with van der Waals surface area (Å²) in [5, 5.41) is 0. The number of rotatable bonds is 2. The molecule has 1 aliphatic carbocycles. The van der Waals surface area contributed by atoms with Gasteiger partial charge in [0.15, 0.2) is 0 Å². The van der Waals surface area contributed by atoms with Gasteiger partial charge in [-0.2, -0.15) is 13.2 Å². The van der Waals surface area contributed by atoms with Crippen molar-refractivity contribution in [2.75, 3.05) is 0 Å². The number of halogens is 3. The van der Waals surface area contributed by atoms with Gasteiger partial charge in [0, 0.05) is 0 Å². The van der Waals surface area contributed by atoms with Crippen molar-refractivity contribution in [1.82, 2.24) is 0 Å². The summed E-state index contributed by atoms with van der Waals surface area (Å²) in [4.78, 5) is 10.9. The van der Waals surface area contributed by atoms with Crippen molar-refractivity contribution in [2.45, 2.75) is 31.0 Å². The zero-order chi connectivity index (χ0) is 12.5. The van der Waals surface area contributed by atoms with Crippen molar-refractivity contribution in [3.05, 3.63) is 35.9 Å². The lowest BCUT2D eigenvalue weighted by molar-refractivity contribution is -0.223. The zero-order valence-electron chi connectivity index (χ0n) is 8.96. The van der Waals surface area contributed by atoms with Crippen LogP contribution in [0, 0.1) is 0 Å². The normalized spacial score (nSPS) is 18.3. The number of alkyl halides is 3. The molecule has 0 amide bonds. The molecule has 1 aromatic rings. The first kappa shape index (κ1) is 12.0. The number of carbonyl (C=O) groups excluding carboxylic acids is 1. The molecule has 0 radical (unpaired) electrons. The Morgan fingerprint density at radius 1 is 1.18 bits per heavy atom. The molecule has 0 saturated heterocycles. The number of esters is 1. The summed E-state index contributed by atoms with van der Waals surface area (Å²) in [6.45, 7) is 0. The molecule has 1 saturated carbocycles. The Bertz CT molecular complexity index is 408. The molecule has 0 aromatic heterocycles. The molecule has 0 aliphatic heterocycles. The highest BCUT2D eigenvalue weighted by Gasteiger charge is 2.49. The monoisotopic (exact) mass is 244 g/mol. The molecule has 0 atom stereocenters. The Morgan fingerprint density at radius 3 is 2.18 bits per heavy atom. The SMILES string of the molecule is O=C(OC1(c2ccccc2)CCC1)C(F)(F)F. The third kappa shape index (κ3) is 2.28. The minimum atomic E-state index is -4.93. The van der Waals surface area contributed by atoms with Crippen LogP contribution < -0.4 is 0 Å². The molecular formula is C12H11F3O2. The lowest BCUT2D eigenvalue weighted by atomic mass is 9.75. The van der Waals surface area contributed by atoms with Gasteiger partial charge in [0.1, 0.15) is 5.60 Å². The van der Waals surface area contributed by atoms with Crippen molar-refractivity contribution in [3.63, 3.8) is 0 Å². The van der Waals surface area contributed by atoms with Gasteiger partial charge in [-0.1, -0.05) is 30.3 Å². The van der Waals surface area contributed by atoms with E-state index in [4.69, 9.17) is 0 Å².